The molecule has 1 N–H and O–H groups in total. The summed E-state index contributed by atoms with van der Waals surface area (Å²) < 4.78 is 10.7. The molecule has 0 saturated carbocycles. The summed E-state index contributed by atoms with van der Waals surface area (Å²) in [5.41, 5.74) is 2.45. The average Bonchev–Trinajstić information content (AvgIpc) is 2.59. The second-order valence-electron chi connectivity index (χ2n) is 5.91. The Hall–Kier alpha value is -2.99. The van der Waals surface area contributed by atoms with E-state index in [9.17, 15) is 9.59 Å². The first-order valence-corrected chi connectivity index (χ1v) is 8.51. The van der Waals surface area contributed by atoms with E-state index in [1.54, 1.807) is 6.07 Å². The van der Waals surface area contributed by atoms with Crippen molar-refractivity contribution in [1.82, 2.24) is 0 Å². The minimum Gasteiger partial charge on any atom is -0.423 e. The standard InChI is InChI=1S/C19H11NO4S/c1-9-6-16(21)23-13-8-14-11(7-10(9)13)17-18(19(22)24-14)25-15-5-3-2-4-12(15)20-17/h2-8,20H,1H3. The van der Waals surface area contributed by atoms with Gasteiger partial charge in [-0.2, -0.15) is 0 Å². The molecule has 25 heavy (non-hydrogen) atoms. The zero-order valence-corrected chi connectivity index (χ0v) is 13.9. The molecule has 0 bridgehead atoms. The third kappa shape index (κ3) is 2.11. The fourth-order valence-electron chi connectivity index (χ4n) is 3.12. The molecule has 0 spiro atoms. The number of rotatable bonds is 0. The van der Waals surface area contributed by atoms with Crippen LogP contribution in [0.5, 0.6) is 0 Å². The smallest absolute Gasteiger partial charge is 0.352 e. The van der Waals surface area contributed by atoms with Crippen LogP contribution in [0, 0.1) is 6.92 Å². The Kier molecular flexibility index (Phi) is 2.87. The van der Waals surface area contributed by atoms with Crippen molar-refractivity contribution >= 4 is 45.1 Å². The van der Waals surface area contributed by atoms with E-state index in [-0.39, 0.29) is 0 Å². The Labute approximate surface area is 145 Å². The third-order valence-corrected chi connectivity index (χ3v) is 5.45. The van der Waals surface area contributed by atoms with Gasteiger partial charge in [-0.15, -0.1) is 0 Å². The van der Waals surface area contributed by atoms with E-state index in [4.69, 9.17) is 8.83 Å². The molecule has 0 fully saturated rings. The van der Waals surface area contributed by atoms with Crippen LogP contribution in [0.3, 0.4) is 0 Å². The highest BCUT2D eigenvalue weighted by Crippen LogP contribution is 2.45. The minimum atomic E-state index is -0.424. The van der Waals surface area contributed by atoms with Gasteiger partial charge in [0.05, 0.1) is 11.4 Å². The van der Waals surface area contributed by atoms with Crippen LogP contribution in [0.4, 0.5) is 11.4 Å². The molecule has 0 saturated heterocycles. The monoisotopic (exact) mass is 349 g/mol. The van der Waals surface area contributed by atoms with Gasteiger partial charge in [0.2, 0.25) is 0 Å². The van der Waals surface area contributed by atoms with Gasteiger partial charge in [0.15, 0.2) is 0 Å². The van der Waals surface area contributed by atoms with Crippen molar-refractivity contribution in [3.05, 3.63) is 68.9 Å². The lowest BCUT2D eigenvalue weighted by molar-refractivity contribution is 0.539. The Morgan fingerprint density at radius 1 is 0.960 bits per heavy atom. The van der Waals surface area contributed by atoms with Crippen molar-refractivity contribution in [3.63, 3.8) is 0 Å². The minimum absolute atomic E-state index is 0.387. The molecule has 5 nitrogen and oxygen atoms in total. The number of benzene rings is 2. The SMILES string of the molecule is Cc1cc(=O)oc2cc3oc(=O)c4c(c3cc12)Nc1ccccc1S4. The quantitative estimate of drug-likeness (QED) is 0.330. The summed E-state index contributed by atoms with van der Waals surface area (Å²) in [6.07, 6.45) is 0. The number of para-hydroxylation sites is 1. The normalized spacial score (nSPS) is 12.7. The summed E-state index contributed by atoms with van der Waals surface area (Å²) >= 11 is 1.39. The lowest BCUT2D eigenvalue weighted by atomic mass is 10.1. The van der Waals surface area contributed by atoms with Crippen LogP contribution >= 0.6 is 11.8 Å². The van der Waals surface area contributed by atoms with Crippen LogP contribution in [0.1, 0.15) is 5.56 Å². The molecule has 0 unspecified atom stereocenters. The van der Waals surface area contributed by atoms with Crippen molar-refractivity contribution in [1.29, 1.82) is 0 Å². The van der Waals surface area contributed by atoms with E-state index < -0.39 is 11.3 Å². The number of hydrogen-bond acceptors (Lipinski definition) is 6. The number of hydrogen-bond donors (Lipinski definition) is 1. The van der Waals surface area contributed by atoms with Gasteiger partial charge in [-0.1, -0.05) is 23.9 Å². The Balaban J connectivity index is 1.88. The predicted molar refractivity (Wildman–Crippen MR) is 97.1 cm³/mol. The van der Waals surface area contributed by atoms with E-state index in [1.165, 1.54) is 17.8 Å². The molecule has 122 valence electrons. The predicted octanol–water partition coefficient (Wildman–Crippen LogP) is 4.42. The Bertz CT molecular complexity index is 1300. The largest absolute Gasteiger partial charge is 0.423 e. The molecule has 6 heteroatoms. The van der Waals surface area contributed by atoms with E-state index in [2.05, 4.69) is 5.32 Å². The van der Waals surface area contributed by atoms with Crippen molar-refractivity contribution in [2.24, 2.45) is 0 Å². The second kappa shape index (κ2) is 5.00. The molecular formula is C19H11NO4S. The Morgan fingerprint density at radius 2 is 1.76 bits per heavy atom. The fourth-order valence-corrected chi connectivity index (χ4v) is 4.10. The van der Waals surface area contributed by atoms with Crippen LogP contribution in [-0.2, 0) is 0 Å². The molecule has 4 aromatic rings. The first-order valence-electron chi connectivity index (χ1n) is 7.69. The van der Waals surface area contributed by atoms with Crippen LogP contribution in [0.15, 0.2) is 70.7 Å². The summed E-state index contributed by atoms with van der Waals surface area (Å²) in [7, 11) is 0. The van der Waals surface area contributed by atoms with E-state index in [0.29, 0.717) is 16.1 Å². The molecule has 0 amide bonds. The fraction of sp³-hybridized carbons (Fsp3) is 0.0526. The van der Waals surface area contributed by atoms with Crippen LogP contribution in [0.25, 0.3) is 21.9 Å². The third-order valence-electron chi connectivity index (χ3n) is 4.29. The van der Waals surface area contributed by atoms with Gasteiger partial charge in [0.1, 0.15) is 16.1 Å². The summed E-state index contributed by atoms with van der Waals surface area (Å²) in [4.78, 5) is 25.5. The number of fused-ring (bicyclic) bond motifs is 5. The molecule has 0 aliphatic carbocycles. The van der Waals surface area contributed by atoms with Crippen molar-refractivity contribution < 1.29 is 8.83 Å². The lowest BCUT2D eigenvalue weighted by Gasteiger charge is -2.21. The molecule has 3 heterocycles. The van der Waals surface area contributed by atoms with Gasteiger partial charge in [0, 0.05) is 27.8 Å². The molecular weight excluding hydrogens is 338 g/mol. The molecule has 5 rings (SSSR count). The summed E-state index contributed by atoms with van der Waals surface area (Å²) in [5, 5.41) is 4.94. The molecule has 0 atom stereocenters. The first kappa shape index (κ1) is 14.4. The highest BCUT2D eigenvalue weighted by Gasteiger charge is 2.23. The second-order valence-corrected chi connectivity index (χ2v) is 6.96. The molecule has 0 radical (unpaired) electrons. The van der Waals surface area contributed by atoms with Crippen molar-refractivity contribution in [3.8, 4) is 0 Å². The van der Waals surface area contributed by atoms with Gasteiger partial charge in [0.25, 0.3) is 0 Å². The summed E-state index contributed by atoms with van der Waals surface area (Å²) in [6, 6.07) is 12.8. The van der Waals surface area contributed by atoms with Crippen LogP contribution in [0.2, 0.25) is 0 Å². The van der Waals surface area contributed by atoms with Gasteiger partial charge < -0.3 is 14.2 Å². The van der Waals surface area contributed by atoms with E-state index in [0.717, 1.165) is 32.6 Å². The maximum absolute atomic E-state index is 12.4. The van der Waals surface area contributed by atoms with Gasteiger partial charge in [-0.25, -0.2) is 9.59 Å². The summed E-state index contributed by atoms with van der Waals surface area (Å²) in [6.45, 7) is 1.86. The zero-order valence-electron chi connectivity index (χ0n) is 13.1. The summed E-state index contributed by atoms with van der Waals surface area (Å²) in [5.74, 6) is 0. The first-order chi connectivity index (χ1) is 12.1. The Morgan fingerprint density at radius 3 is 2.64 bits per heavy atom. The topological polar surface area (TPSA) is 72.5 Å². The number of aryl methyl sites for hydroxylation is 1. The maximum Gasteiger partial charge on any atom is 0.352 e. The maximum atomic E-state index is 12.4. The molecule has 1 aliphatic rings. The number of nitrogens with one attached hydrogen (secondary N) is 1. The molecule has 2 aromatic carbocycles. The highest BCUT2D eigenvalue weighted by molar-refractivity contribution is 7.99. The highest BCUT2D eigenvalue weighted by atomic mass is 32.2. The van der Waals surface area contributed by atoms with Gasteiger partial charge >= 0.3 is 11.3 Å². The van der Waals surface area contributed by atoms with Crippen molar-refractivity contribution in [2.75, 3.05) is 5.32 Å². The van der Waals surface area contributed by atoms with E-state index in [1.807, 2.05) is 37.3 Å². The van der Waals surface area contributed by atoms with Gasteiger partial charge in [-0.05, 0) is 30.7 Å². The molecule has 1 aliphatic heterocycles. The molecule has 2 aromatic heterocycles. The number of anilines is 2. The van der Waals surface area contributed by atoms with Crippen LogP contribution in [-0.4, -0.2) is 0 Å². The van der Waals surface area contributed by atoms with Gasteiger partial charge in [-0.3, -0.25) is 0 Å². The van der Waals surface area contributed by atoms with Crippen molar-refractivity contribution in [2.45, 2.75) is 16.7 Å². The zero-order chi connectivity index (χ0) is 17.1. The van der Waals surface area contributed by atoms with Crippen LogP contribution < -0.4 is 16.6 Å². The average molecular weight is 349 g/mol. The lowest BCUT2D eigenvalue weighted by Crippen LogP contribution is -2.10. The van der Waals surface area contributed by atoms with E-state index >= 15 is 0 Å².